The number of hydrogen-bond donors (Lipinski definition) is 2. The van der Waals surface area contributed by atoms with Gasteiger partial charge in [-0.05, 0) is 20.9 Å². The van der Waals surface area contributed by atoms with E-state index in [1.165, 1.54) is 0 Å². The topological polar surface area (TPSA) is 58.5 Å². The second-order valence-corrected chi connectivity index (χ2v) is 4.56. The summed E-state index contributed by atoms with van der Waals surface area (Å²) in [5, 5.41) is 8.42. The number of H-pyrrole nitrogens is 1. The number of rotatable bonds is 5. The lowest BCUT2D eigenvalue weighted by molar-refractivity contribution is 0.523. The average Bonchev–Trinajstić information content (AvgIpc) is 2.98. The Bertz CT molecular complexity index is 503. The summed E-state index contributed by atoms with van der Waals surface area (Å²) in [5.41, 5.74) is 1.93. The van der Waals surface area contributed by atoms with E-state index in [0.717, 1.165) is 35.2 Å². The fourth-order valence-corrected chi connectivity index (χ4v) is 2.27. The van der Waals surface area contributed by atoms with E-state index in [2.05, 4.69) is 27.3 Å². The van der Waals surface area contributed by atoms with Crippen LogP contribution in [0.15, 0.2) is 12.4 Å². The van der Waals surface area contributed by atoms with Crippen LogP contribution in [0.2, 0.25) is 5.02 Å². The highest BCUT2D eigenvalue weighted by molar-refractivity contribution is 6.31. The summed E-state index contributed by atoms with van der Waals surface area (Å²) in [4.78, 5) is 7.41. The van der Waals surface area contributed by atoms with E-state index in [0.29, 0.717) is 0 Å². The quantitative estimate of drug-likeness (QED) is 0.872. The van der Waals surface area contributed by atoms with Crippen LogP contribution in [0.25, 0.3) is 0 Å². The number of aryl methyl sites for hydroxylation is 2. The van der Waals surface area contributed by atoms with Crippen LogP contribution in [0.4, 0.5) is 0 Å². The van der Waals surface area contributed by atoms with Gasteiger partial charge in [0.05, 0.1) is 22.5 Å². The van der Waals surface area contributed by atoms with Crippen LogP contribution in [-0.2, 0) is 13.0 Å². The van der Waals surface area contributed by atoms with Crippen LogP contribution in [0.1, 0.15) is 30.2 Å². The average molecular weight is 268 g/mol. The maximum atomic E-state index is 6.31. The molecule has 6 heteroatoms. The molecule has 1 atom stereocenters. The summed E-state index contributed by atoms with van der Waals surface area (Å²) in [6, 6.07) is 0.110. The van der Waals surface area contributed by atoms with E-state index in [1.54, 1.807) is 6.20 Å². The van der Waals surface area contributed by atoms with Crippen molar-refractivity contribution < 1.29 is 0 Å². The van der Waals surface area contributed by atoms with Crippen molar-refractivity contribution in [1.29, 1.82) is 0 Å². The Morgan fingerprint density at radius 2 is 2.33 bits per heavy atom. The van der Waals surface area contributed by atoms with E-state index in [1.807, 2.05) is 24.9 Å². The van der Waals surface area contributed by atoms with Gasteiger partial charge < -0.3 is 10.3 Å². The predicted octanol–water partition coefficient (Wildman–Crippen LogP) is 2.09. The van der Waals surface area contributed by atoms with Crippen molar-refractivity contribution in [2.75, 3.05) is 7.05 Å². The monoisotopic (exact) mass is 267 g/mol. The summed E-state index contributed by atoms with van der Waals surface area (Å²) in [6.07, 6.45) is 4.34. The molecule has 0 aliphatic carbocycles. The first-order valence-electron chi connectivity index (χ1n) is 6.05. The molecule has 2 N–H and O–H groups in total. The molecule has 0 amide bonds. The smallest absolute Gasteiger partial charge is 0.123 e. The number of imidazole rings is 1. The standard InChI is InChI=1S/C12H18ClN5/c1-4-18-10(11(13)8(2)17-18)7-9(14-3)12-15-5-6-16-12/h5-6,9,14H,4,7H2,1-3H3,(H,15,16). The molecular weight excluding hydrogens is 250 g/mol. The van der Waals surface area contributed by atoms with Crippen molar-refractivity contribution in [3.63, 3.8) is 0 Å². The van der Waals surface area contributed by atoms with Gasteiger partial charge in [0.25, 0.3) is 0 Å². The van der Waals surface area contributed by atoms with Gasteiger partial charge in [0.15, 0.2) is 0 Å². The molecule has 2 aromatic heterocycles. The minimum Gasteiger partial charge on any atom is -0.347 e. The van der Waals surface area contributed by atoms with Gasteiger partial charge in [0.1, 0.15) is 5.82 Å². The summed E-state index contributed by atoms with van der Waals surface area (Å²) in [6.45, 7) is 4.81. The van der Waals surface area contributed by atoms with Crippen LogP contribution in [0, 0.1) is 6.92 Å². The SMILES string of the molecule is CCn1nc(C)c(Cl)c1CC(NC)c1ncc[nH]1. The molecule has 0 aliphatic rings. The number of nitrogens with zero attached hydrogens (tertiary/aromatic N) is 3. The maximum absolute atomic E-state index is 6.31. The van der Waals surface area contributed by atoms with Crippen molar-refractivity contribution in [1.82, 2.24) is 25.1 Å². The molecule has 0 saturated carbocycles. The van der Waals surface area contributed by atoms with Gasteiger partial charge in [-0.3, -0.25) is 4.68 Å². The molecule has 2 aromatic rings. The number of likely N-dealkylation sites (N-methyl/N-ethyl adjacent to an activating group) is 1. The zero-order valence-corrected chi connectivity index (χ0v) is 11.6. The van der Waals surface area contributed by atoms with Crippen molar-refractivity contribution in [2.45, 2.75) is 32.9 Å². The molecule has 0 aliphatic heterocycles. The first-order valence-corrected chi connectivity index (χ1v) is 6.43. The van der Waals surface area contributed by atoms with Gasteiger partial charge in [0.2, 0.25) is 0 Å². The molecule has 0 bridgehead atoms. The maximum Gasteiger partial charge on any atom is 0.123 e. The Hall–Kier alpha value is -1.33. The van der Waals surface area contributed by atoms with Crippen LogP contribution < -0.4 is 5.32 Å². The Kier molecular flexibility index (Phi) is 4.04. The Balaban J connectivity index is 2.27. The van der Waals surface area contributed by atoms with Crippen molar-refractivity contribution in [2.24, 2.45) is 0 Å². The largest absolute Gasteiger partial charge is 0.347 e. The second kappa shape index (κ2) is 5.54. The first-order chi connectivity index (χ1) is 8.67. The first kappa shape index (κ1) is 13.1. The molecule has 2 heterocycles. The van der Waals surface area contributed by atoms with Gasteiger partial charge >= 0.3 is 0 Å². The van der Waals surface area contributed by atoms with E-state index >= 15 is 0 Å². The number of halogens is 1. The van der Waals surface area contributed by atoms with Crippen molar-refractivity contribution in [3.05, 3.63) is 34.6 Å². The van der Waals surface area contributed by atoms with E-state index < -0.39 is 0 Å². The number of nitrogens with one attached hydrogen (secondary N) is 2. The summed E-state index contributed by atoms with van der Waals surface area (Å²) in [7, 11) is 1.92. The normalized spacial score (nSPS) is 12.9. The summed E-state index contributed by atoms with van der Waals surface area (Å²) in [5.74, 6) is 0.912. The number of hydrogen-bond acceptors (Lipinski definition) is 3. The van der Waals surface area contributed by atoms with Gasteiger partial charge in [-0.25, -0.2) is 4.98 Å². The lowest BCUT2D eigenvalue weighted by Gasteiger charge is -2.14. The minimum absolute atomic E-state index is 0.110. The molecule has 2 rings (SSSR count). The third-order valence-electron chi connectivity index (χ3n) is 3.05. The van der Waals surface area contributed by atoms with Crippen LogP contribution in [0.3, 0.4) is 0 Å². The highest BCUT2D eigenvalue weighted by Gasteiger charge is 2.19. The molecule has 0 aromatic carbocycles. The molecular formula is C12H18ClN5. The lowest BCUT2D eigenvalue weighted by atomic mass is 10.1. The molecule has 5 nitrogen and oxygen atoms in total. The van der Waals surface area contributed by atoms with Crippen LogP contribution >= 0.6 is 11.6 Å². The van der Waals surface area contributed by atoms with Gasteiger partial charge in [-0.15, -0.1) is 0 Å². The molecule has 0 spiro atoms. The number of aromatic nitrogens is 4. The molecule has 0 radical (unpaired) electrons. The third kappa shape index (κ3) is 2.42. The zero-order valence-electron chi connectivity index (χ0n) is 10.9. The van der Waals surface area contributed by atoms with E-state index in [-0.39, 0.29) is 6.04 Å². The molecule has 1 unspecified atom stereocenters. The fourth-order valence-electron chi connectivity index (χ4n) is 2.06. The molecule has 18 heavy (non-hydrogen) atoms. The highest BCUT2D eigenvalue weighted by Crippen LogP contribution is 2.24. The van der Waals surface area contributed by atoms with E-state index in [4.69, 9.17) is 11.6 Å². The molecule has 98 valence electrons. The Morgan fingerprint density at radius 1 is 1.56 bits per heavy atom. The van der Waals surface area contributed by atoms with Crippen molar-refractivity contribution >= 4 is 11.6 Å². The van der Waals surface area contributed by atoms with Gasteiger partial charge in [-0.2, -0.15) is 5.10 Å². The van der Waals surface area contributed by atoms with Crippen LogP contribution in [-0.4, -0.2) is 26.8 Å². The summed E-state index contributed by atoms with van der Waals surface area (Å²) < 4.78 is 1.95. The minimum atomic E-state index is 0.110. The fraction of sp³-hybridized carbons (Fsp3) is 0.500. The third-order valence-corrected chi connectivity index (χ3v) is 3.54. The Labute approximate surface area is 112 Å². The molecule has 0 fully saturated rings. The summed E-state index contributed by atoms with van der Waals surface area (Å²) >= 11 is 6.31. The van der Waals surface area contributed by atoms with Crippen LogP contribution in [0.5, 0.6) is 0 Å². The zero-order chi connectivity index (χ0) is 13.1. The second-order valence-electron chi connectivity index (χ2n) is 4.18. The Morgan fingerprint density at radius 3 is 2.89 bits per heavy atom. The molecule has 0 saturated heterocycles. The van der Waals surface area contributed by atoms with Crippen molar-refractivity contribution in [3.8, 4) is 0 Å². The lowest BCUT2D eigenvalue weighted by Crippen LogP contribution is -2.21. The highest BCUT2D eigenvalue weighted by atomic mass is 35.5. The van der Waals surface area contributed by atoms with Gasteiger partial charge in [0, 0.05) is 25.4 Å². The van der Waals surface area contributed by atoms with E-state index in [9.17, 15) is 0 Å². The number of aromatic amines is 1. The predicted molar refractivity (Wildman–Crippen MR) is 71.7 cm³/mol. The van der Waals surface area contributed by atoms with Gasteiger partial charge in [-0.1, -0.05) is 11.6 Å².